The van der Waals surface area contributed by atoms with E-state index in [1.54, 1.807) is 18.2 Å². The molecule has 2 rings (SSSR count). The van der Waals surface area contributed by atoms with Crippen molar-refractivity contribution in [3.63, 3.8) is 0 Å². The molecule has 0 aromatic heterocycles. The van der Waals surface area contributed by atoms with Gasteiger partial charge in [-0.2, -0.15) is 0 Å². The molecule has 9 heteroatoms. The number of esters is 1. The Labute approximate surface area is 151 Å². The number of anilines is 1. The van der Waals surface area contributed by atoms with Crippen LogP contribution in [-0.2, 0) is 14.3 Å². The third kappa shape index (κ3) is 6.42. The van der Waals surface area contributed by atoms with E-state index >= 15 is 0 Å². The van der Waals surface area contributed by atoms with E-state index in [4.69, 9.17) is 0 Å². The number of benzene rings is 1. The largest absolute Gasteiger partial charge is 0.469 e. The number of guanidine groups is 1. The third-order valence-electron chi connectivity index (χ3n) is 3.57. The van der Waals surface area contributed by atoms with Gasteiger partial charge < -0.3 is 26.0 Å². The lowest BCUT2D eigenvalue weighted by Crippen LogP contribution is -2.38. The number of nitrogens with one attached hydrogen (secondary N) is 4. The van der Waals surface area contributed by atoms with Gasteiger partial charge in [-0.05, 0) is 24.6 Å². The average Bonchev–Trinajstić information content (AvgIpc) is 2.67. The summed E-state index contributed by atoms with van der Waals surface area (Å²) in [5.41, 5.74) is 1.15. The molecular formula is C17H23N5O4. The molecule has 0 atom stereocenters. The summed E-state index contributed by atoms with van der Waals surface area (Å²) in [5.74, 6) is -0.470. The molecule has 0 radical (unpaired) electrons. The van der Waals surface area contributed by atoms with Crippen LogP contribution >= 0.6 is 0 Å². The van der Waals surface area contributed by atoms with Gasteiger partial charge in [0.15, 0.2) is 5.96 Å². The Bertz CT molecular complexity index is 689. The van der Waals surface area contributed by atoms with Crippen LogP contribution in [0.3, 0.4) is 0 Å². The van der Waals surface area contributed by atoms with Crippen LogP contribution in [0.5, 0.6) is 0 Å². The second-order valence-electron chi connectivity index (χ2n) is 5.58. The van der Waals surface area contributed by atoms with E-state index in [0.29, 0.717) is 11.5 Å². The van der Waals surface area contributed by atoms with E-state index in [0.717, 1.165) is 25.2 Å². The Morgan fingerprint density at radius 3 is 2.85 bits per heavy atom. The molecule has 0 saturated heterocycles. The second-order valence-corrected chi connectivity index (χ2v) is 5.58. The van der Waals surface area contributed by atoms with E-state index in [2.05, 4.69) is 31.0 Å². The molecule has 0 aliphatic carbocycles. The molecule has 1 heterocycles. The summed E-state index contributed by atoms with van der Waals surface area (Å²) in [4.78, 5) is 39.1. The van der Waals surface area contributed by atoms with E-state index < -0.39 is 5.97 Å². The van der Waals surface area contributed by atoms with Crippen LogP contribution in [-0.4, -0.2) is 57.0 Å². The zero-order valence-corrected chi connectivity index (χ0v) is 14.6. The van der Waals surface area contributed by atoms with Gasteiger partial charge in [0, 0.05) is 30.9 Å². The molecule has 140 valence electrons. The maximum Gasteiger partial charge on any atom is 0.307 e. The van der Waals surface area contributed by atoms with Gasteiger partial charge in [0.2, 0.25) is 5.91 Å². The van der Waals surface area contributed by atoms with Gasteiger partial charge in [0.1, 0.15) is 0 Å². The van der Waals surface area contributed by atoms with Crippen molar-refractivity contribution >= 4 is 29.4 Å². The molecule has 2 amide bonds. The summed E-state index contributed by atoms with van der Waals surface area (Å²) >= 11 is 0. The van der Waals surface area contributed by atoms with Crippen molar-refractivity contribution in [3.8, 4) is 0 Å². The topological polar surface area (TPSA) is 121 Å². The number of rotatable bonds is 7. The van der Waals surface area contributed by atoms with Crippen LogP contribution < -0.4 is 21.3 Å². The molecule has 1 aromatic carbocycles. The van der Waals surface area contributed by atoms with E-state index in [1.165, 1.54) is 7.11 Å². The normalized spacial score (nSPS) is 13.0. The third-order valence-corrected chi connectivity index (χ3v) is 3.57. The standard InChI is InChI=1S/C17H23N5O4/c1-26-15(24)6-9-18-14(23)11-21-16(25)12-4-2-5-13(10-12)22-17-19-7-3-8-20-17/h2,4-5,10H,3,6-9,11H2,1H3,(H,18,23)(H,21,25)(H2,19,20,22). The van der Waals surface area contributed by atoms with Crippen molar-refractivity contribution in [2.24, 2.45) is 4.99 Å². The first-order valence-corrected chi connectivity index (χ1v) is 8.35. The summed E-state index contributed by atoms with van der Waals surface area (Å²) in [6.07, 6.45) is 1.08. The summed E-state index contributed by atoms with van der Waals surface area (Å²) in [7, 11) is 1.28. The molecule has 9 nitrogen and oxygen atoms in total. The van der Waals surface area contributed by atoms with Crippen LogP contribution in [0.1, 0.15) is 23.2 Å². The molecule has 0 unspecified atom stereocenters. The summed E-state index contributed by atoms with van der Waals surface area (Å²) in [6, 6.07) is 6.92. The maximum atomic E-state index is 12.2. The highest BCUT2D eigenvalue weighted by atomic mass is 16.5. The van der Waals surface area contributed by atoms with Gasteiger partial charge in [-0.25, -0.2) is 0 Å². The maximum absolute atomic E-state index is 12.2. The van der Waals surface area contributed by atoms with Crippen LogP contribution in [0.15, 0.2) is 29.3 Å². The number of nitrogens with zero attached hydrogens (tertiary/aromatic N) is 1. The predicted octanol–water partition coefficient (Wildman–Crippen LogP) is -0.143. The van der Waals surface area contributed by atoms with Gasteiger partial charge in [-0.3, -0.25) is 19.4 Å². The number of ether oxygens (including phenoxy) is 1. The fraction of sp³-hybridized carbons (Fsp3) is 0.412. The minimum atomic E-state index is -0.407. The van der Waals surface area contributed by atoms with Crippen molar-refractivity contribution in [1.29, 1.82) is 0 Å². The Kier molecular flexibility index (Phi) is 7.41. The first-order chi connectivity index (χ1) is 12.6. The molecule has 0 spiro atoms. The van der Waals surface area contributed by atoms with Gasteiger partial charge in [0.25, 0.3) is 5.91 Å². The first kappa shape index (κ1) is 19.2. The molecule has 1 aliphatic rings. The summed E-state index contributed by atoms with van der Waals surface area (Å²) in [5, 5.41) is 11.3. The number of amides is 2. The molecule has 0 bridgehead atoms. The number of carbonyl (C=O) groups is 3. The van der Waals surface area contributed by atoms with Crippen LogP contribution in [0.25, 0.3) is 0 Å². The lowest BCUT2D eigenvalue weighted by Gasteiger charge is -2.16. The minimum absolute atomic E-state index is 0.0851. The summed E-state index contributed by atoms with van der Waals surface area (Å²) < 4.78 is 4.47. The van der Waals surface area contributed by atoms with Crippen molar-refractivity contribution in [3.05, 3.63) is 29.8 Å². The molecule has 4 N–H and O–H groups in total. The smallest absolute Gasteiger partial charge is 0.307 e. The number of methoxy groups -OCH3 is 1. The summed E-state index contributed by atoms with van der Waals surface area (Å²) in [6.45, 7) is 1.61. The van der Waals surface area contributed by atoms with E-state index in [1.807, 2.05) is 6.07 Å². The Balaban J connectivity index is 1.79. The average molecular weight is 361 g/mol. The molecule has 0 fully saturated rings. The van der Waals surface area contributed by atoms with Crippen LogP contribution in [0, 0.1) is 0 Å². The molecule has 1 aromatic rings. The van der Waals surface area contributed by atoms with Crippen molar-refractivity contribution < 1.29 is 19.1 Å². The van der Waals surface area contributed by atoms with Gasteiger partial charge >= 0.3 is 5.97 Å². The SMILES string of the molecule is COC(=O)CCNC(=O)CNC(=O)c1cccc(NC2=NCCCN2)c1. The van der Waals surface area contributed by atoms with Crippen molar-refractivity contribution in [2.45, 2.75) is 12.8 Å². The monoisotopic (exact) mass is 361 g/mol. The number of aliphatic imine (C=N–C) groups is 1. The zero-order valence-electron chi connectivity index (χ0n) is 14.6. The quantitative estimate of drug-likeness (QED) is 0.502. The van der Waals surface area contributed by atoms with Gasteiger partial charge in [-0.15, -0.1) is 0 Å². The predicted molar refractivity (Wildman–Crippen MR) is 97.0 cm³/mol. The lowest BCUT2D eigenvalue weighted by atomic mass is 10.2. The van der Waals surface area contributed by atoms with Crippen molar-refractivity contribution in [2.75, 3.05) is 38.6 Å². The minimum Gasteiger partial charge on any atom is -0.469 e. The van der Waals surface area contributed by atoms with E-state index in [9.17, 15) is 14.4 Å². The second kappa shape index (κ2) is 10.0. The highest BCUT2D eigenvalue weighted by Gasteiger charge is 2.10. The Morgan fingerprint density at radius 2 is 2.12 bits per heavy atom. The van der Waals surface area contributed by atoms with Gasteiger partial charge in [-0.1, -0.05) is 6.07 Å². The lowest BCUT2D eigenvalue weighted by molar-refractivity contribution is -0.140. The first-order valence-electron chi connectivity index (χ1n) is 8.35. The molecule has 1 aliphatic heterocycles. The molecule has 26 heavy (non-hydrogen) atoms. The van der Waals surface area contributed by atoms with E-state index in [-0.39, 0.29) is 31.3 Å². The Hall–Kier alpha value is -3.10. The number of hydrogen-bond acceptors (Lipinski definition) is 7. The van der Waals surface area contributed by atoms with Crippen LogP contribution in [0.4, 0.5) is 5.69 Å². The zero-order chi connectivity index (χ0) is 18.8. The number of hydrogen-bond donors (Lipinski definition) is 4. The molecular weight excluding hydrogens is 338 g/mol. The van der Waals surface area contributed by atoms with Crippen molar-refractivity contribution in [1.82, 2.24) is 16.0 Å². The fourth-order valence-electron chi connectivity index (χ4n) is 2.22. The molecule has 0 saturated carbocycles. The van der Waals surface area contributed by atoms with Gasteiger partial charge in [0.05, 0.1) is 20.1 Å². The number of carbonyl (C=O) groups excluding carboxylic acids is 3. The fourth-order valence-corrected chi connectivity index (χ4v) is 2.22. The van der Waals surface area contributed by atoms with Crippen LogP contribution in [0.2, 0.25) is 0 Å². The highest BCUT2D eigenvalue weighted by Crippen LogP contribution is 2.11. The highest BCUT2D eigenvalue weighted by molar-refractivity contribution is 5.99. The Morgan fingerprint density at radius 1 is 1.27 bits per heavy atom.